The second-order valence-electron chi connectivity index (χ2n) is 4.69. The number of carbonyl (C=O) groups excluding carboxylic acids is 1. The number of carbonyl (C=O) groups is 1. The molecule has 0 heterocycles. The molecular formula is C15H21NO2. The third-order valence-corrected chi connectivity index (χ3v) is 2.55. The Bertz CT molecular complexity index is 388. The molecule has 0 unspecified atom stereocenters. The van der Waals surface area contributed by atoms with Crippen LogP contribution in [0.15, 0.2) is 36.6 Å². The lowest BCUT2D eigenvalue weighted by Crippen LogP contribution is -2.41. The van der Waals surface area contributed by atoms with Crippen LogP contribution >= 0.6 is 0 Å². The molecule has 98 valence electrons. The van der Waals surface area contributed by atoms with Gasteiger partial charge >= 0.3 is 6.09 Å². The zero-order valence-corrected chi connectivity index (χ0v) is 11.5. The lowest BCUT2D eigenvalue weighted by atomic mass is 10.2. The summed E-state index contributed by atoms with van der Waals surface area (Å²) < 4.78 is 5.14. The van der Waals surface area contributed by atoms with Gasteiger partial charge in [-0.05, 0) is 39.3 Å². The molecule has 1 aromatic carbocycles. The molecule has 0 saturated carbocycles. The van der Waals surface area contributed by atoms with Gasteiger partial charge in [0.15, 0.2) is 0 Å². The molecule has 0 aromatic heterocycles. The fourth-order valence-corrected chi connectivity index (χ4v) is 1.81. The van der Waals surface area contributed by atoms with Crippen LogP contribution in [-0.2, 0) is 4.74 Å². The van der Waals surface area contributed by atoms with Gasteiger partial charge < -0.3 is 9.64 Å². The Balaban J connectivity index is 2.57. The molecule has 3 heteroatoms. The Kier molecular flexibility index (Phi) is 5.43. The largest absolute Gasteiger partial charge is 0.418 e. The zero-order chi connectivity index (χ0) is 13.5. The lowest BCUT2D eigenvalue weighted by molar-refractivity contribution is 0.109. The van der Waals surface area contributed by atoms with Gasteiger partial charge in [0, 0.05) is 12.1 Å². The molecule has 0 N–H and O–H groups in total. The van der Waals surface area contributed by atoms with E-state index in [0.29, 0.717) is 0 Å². The summed E-state index contributed by atoms with van der Waals surface area (Å²) in [5.74, 6) is 0. The summed E-state index contributed by atoms with van der Waals surface area (Å²) in [6, 6.07) is 9.99. The molecule has 0 radical (unpaired) electrons. The van der Waals surface area contributed by atoms with E-state index in [0.717, 1.165) is 5.56 Å². The first kappa shape index (κ1) is 14.3. The van der Waals surface area contributed by atoms with Gasteiger partial charge in [-0.1, -0.05) is 30.3 Å². The maximum atomic E-state index is 11.9. The Hall–Kier alpha value is -1.77. The highest BCUT2D eigenvalue weighted by Crippen LogP contribution is 2.08. The highest BCUT2D eigenvalue weighted by Gasteiger charge is 2.20. The fraction of sp³-hybridized carbons (Fsp3) is 0.400. The first-order chi connectivity index (χ1) is 8.52. The van der Waals surface area contributed by atoms with Crippen LogP contribution in [0, 0.1) is 0 Å². The van der Waals surface area contributed by atoms with Gasteiger partial charge in [-0.2, -0.15) is 0 Å². The lowest BCUT2D eigenvalue weighted by Gasteiger charge is -2.28. The van der Waals surface area contributed by atoms with Crippen molar-refractivity contribution >= 4 is 12.2 Å². The molecule has 1 amide bonds. The first-order valence-corrected chi connectivity index (χ1v) is 6.23. The molecule has 0 aliphatic rings. The molecule has 0 bridgehead atoms. The Morgan fingerprint density at radius 1 is 1.11 bits per heavy atom. The van der Waals surface area contributed by atoms with Gasteiger partial charge in [0.1, 0.15) is 0 Å². The molecular weight excluding hydrogens is 226 g/mol. The van der Waals surface area contributed by atoms with Crippen LogP contribution in [-0.4, -0.2) is 23.1 Å². The summed E-state index contributed by atoms with van der Waals surface area (Å²) in [7, 11) is 0. The minimum Gasteiger partial charge on any atom is -0.418 e. The molecule has 0 saturated heterocycles. The third kappa shape index (κ3) is 4.24. The average Bonchev–Trinajstić information content (AvgIpc) is 2.29. The predicted octanol–water partition coefficient (Wildman–Crippen LogP) is 3.91. The van der Waals surface area contributed by atoms with Crippen molar-refractivity contribution < 1.29 is 9.53 Å². The van der Waals surface area contributed by atoms with E-state index < -0.39 is 0 Å². The molecule has 0 aliphatic carbocycles. The molecule has 0 spiro atoms. The highest BCUT2D eigenvalue weighted by atomic mass is 16.5. The quantitative estimate of drug-likeness (QED) is 0.755. The van der Waals surface area contributed by atoms with E-state index in [1.165, 1.54) is 6.26 Å². The van der Waals surface area contributed by atoms with Crippen LogP contribution in [0.1, 0.15) is 33.3 Å². The van der Waals surface area contributed by atoms with Crippen molar-refractivity contribution in [2.24, 2.45) is 0 Å². The summed E-state index contributed by atoms with van der Waals surface area (Å²) in [5.41, 5.74) is 1.01. The van der Waals surface area contributed by atoms with E-state index in [-0.39, 0.29) is 18.2 Å². The van der Waals surface area contributed by atoms with Gasteiger partial charge in [-0.3, -0.25) is 0 Å². The summed E-state index contributed by atoms with van der Waals surface area (Å²) in [6.45, 7) is 7.90. The standard InChI is InChI=1S/C15H21NO2/c1-12(2)16(13(3)4)15(17)18-11-10-14-8-6-5-7-9-14/h5-13H,1-4H3/b11-10+. The normalized spacial score (nSPS) is 11.2. The SMILES string of the molecule is CC(C)N(C(=O)O/C=C/c1ccccc1)C(C)C. The molecule has 0 atom stereocenters. The summed E-state index contributed by atoms with van der Waals surface area (Å²) in [6.07, 6.45) is 2.90. The van der Waals surface area contributed by atoms with Crippen molar-refractivity contribution in [1.82, 2.24) is 4.90 Å². The summed E-state index contributed by atoms with van der Waals surface area (Å²) >= 11 is 0. The number of nitrogens with zero attached hydrogens (tertiary/aromatic N) is 1. The van der Waals surface area contributed by atoms with Gasteiger partial charge in [0.25, 0.3) is 0 Å². The Morgan fingerprint density at radius 3 is 2.17 bits per heavy atom. The molecule has 1 aromatic rings. The van der Waals surface area contributed by atoms with Crippen molar-refractivity contribution in [3.63, 3.8) is 0 Å². The van der Waals surface area contributed by atoms with Crippen molar-refractivity contribution in [2.45, 2.75) is 39.8 Å². The molecule has 0 fully saturated rings. The molecule has 1 rings (SSSR count). The maximum absolute atomic E-state index is 11.9. The highest BCUT2D eigenvalue weighted by molar-refractivity contribution is 5.69. The predicted molar refractivity (Wildman–Crippen MR) is 74.1 cm³/mol. The number of hydrogen-bond donors (Lipinski definition) is 0. The Morgan fingerprint density at radius 2 is 1.67 bits per heavy atom. The number of ether oxygens (including phenoxy) is 1. The second kappa shape index (κ2) is 6.84. The molecule has 0 aliphatic heterocycles. The minimum absolute atomic E-state index is 0.127. The van der Waals surface area contributed by atoms with E-state index >= 15 is 0 Å². The van der Waals surface area contributed by atoms with E-state index in [1.807, 2.05) is 58.0 Å². The van der Waals surface area contributed by atoms with Gasteiger partial charge in [-0.15, -0.1) is 0 Å². The summed E-state index contributed by atoms with van der Waals surface area (Å²) in [5, 5.41) is 0. The van der Waals surface area contributed by atoms with Crippen LogP contribution in [0.25, 0.3) is 6.08 Å². The van der Waals surface area contributed by atoms with Crippen molar-refractivity contribution in [1.29, 1.82) is 0 Å². The van der Waals surface area contributed by atoms with Gasteiger partial charge in [-0.25, -0.2) is 4.79 Å². The van der Waals surface area contributed by atoms with Crippen LogP contribution in [0.2, 0.25) is 0 Å². The van der Waals surface area contributed by atoms with Crippen LogP contribution < -0.4 is 0 Å². The summed E-state index contributed by atoms with van der Waals surface area (Å²) in [4.78, 5) is 13.6. The monoisotopic (exact) mass is 247 g/mol. The first-order valence-electron chi connectivity index (χ1n) is 6.23. The topological polar surface area (TPSA) is 29.5 Å². The van der Waals surface area contributed by atoms with Gasteiger partial charge in [0.05, 0.1) is 6.26 Å². The second-order valence-corrected chi connectivity index (χ2v) is 4.69. The van der Waals surface area contributed by atoms with Crippen LogP contribution in [0.3, 0.4) is 0 Å². The zero-order valence-electron chi connectivity index (χ0n) is 11.5. The van der Waals surface area contributed by atoms with E-state index in [1.54, 1.807) is 11.0 Å². The maximum Gasteiger partial charge on any atom is 0.415 e. The molecule has 3 nitrogen and oxygen atoms in total. The van der Waals surface area contributed by atoms with Crippen LogP contribution in [0.5, 0.6) is 0 Å². The fourth-order valence-electron chi connectivity index (χ4n) is 1.81. The van der Waals surface area contributed by atoms with Crippen LogP contribution in [0.4, 0.5) is 4.79 Å². The minimum atomic E-state index is -0.313. The van der Waals surface area contributed by atoms with E-state index in [4.69, 9.17) is 4.74 Å². The number of benzene rings is 1. The van der Waals surface area contributed by atoms with Crippen molar-refractivity contribution in [3.8, 4) is 0 Å². The van der Waals surface area contributed by atoms with Crippen molar-refractivity contribution in [3.05, 3.63) is 42.2 Å². The third-order valence-electron chi connectivity index (χ3n) is 2.55. The number of rotatable bonds is 4. The van der Waals surface area contributed by atoms with Crippen molar-refractivity contribution in [2.75, 3.05) is 0 Å². The Labute approximate surface area is 109 Å². The number of hydrogen-bond acceptors (Lipinski definition) is 2. The van der Waals surface area contributed by atoms with E-state index in [2.05, 4.69) is 0 Å². The smallest absolute Gasteiger partial charge is 0.415 e. The molecule has 18 heavy (non-hydrogen) atoms. The average molecular weight is 247 g/mol. The number of amides is 1. The van der Waals surface area contributed by atoms with E-state index in [9.17, 15) is 4.79 Å². The van der Waals surface area contributed by atoms with Gasteiger partial charge in [0.2, 0.25) is 0 Å².